The summed E-state index contributed by atoms with van der Waals surface area (Å²) < 4.78 is 24.2. The molecule has 0 aliphatic rings. The first kappa shape index (κ1) is 17.1. The Bertz CT molecular complexity index is 617. The molecule has 0 aliphatic heterocycles. The van der Waals surface area contributed by atoms with E-state index in [4.69, 9.17) is 10.4 Å². The predicted molar refractivity (Wildman–Crippen MR) is 77.6 cm³/mol. The van der Waals surface area contributed by atoms with Crippen molar-refractivity contribution in [3.05, 3.63) is 29.8 Å². The van der Waals surface area contributed by atoms with Gasteiger partial charge in [0.1, 0.15) is 0 Å². The number of hydrogen-bond donors (Lipinski definition) is 1. The molecule has 6 nitrogen and oxygen atoms in total. The maximum atomic E-state index is 12.1. The van der Waals surface area contributed by atoms with Gasteiger partial charge < -0.3 is 10.0 Å². The van der Waals surface area contributed by atoms with E-state index in [-0.39, 0.29) is 17.1 Å². The number of hydrogen-bond acceptors (Lipinski definition) is 5. The van der Waals surface area contributed by atoms with Gasteiger partial charge in [0.2, 0.25) is 0 Å². The van der Waals surface area contributed by atoms with E-state index in [1.54, 1.807) is 11.9 Å². The van der Waals surface area contributed by atoms with Crippen LogP contribution in [0.15, 0.2) is 29.2 Å². The van der Waals surface area contributed by atoms with Gasteiger partial charge in [-0.25, -0.2) is 8.42 Å². The molecule has 1 aromatic rings. The van der Waals surface area contributed by atoms with Crippen LogP contribution in [0, 0.1) is 11.3 Å². The zero-order valence-corrected chi connectivity index (χ0v) is 12.6. The van der Waals surface area contributed by atoms with Gasteiger partial charge in [-0.1, -0.05) is 0 Å². The third-order valence-corrected chi connectivity index (χ3v) is 4.73. The Balaban J connectivity index is 2.52. The van der Waals surface area contributed by atoms with Gasteiger partial charge in [-0.05, 0) is 44.3 Å². The van der Waals surface area contributed by atoms with E-state index in [2.05, 4.69) is 0 Å². The van der Waals surface area contributed by atoms with Crippen LogP contribution in [0.4, 0.5) is 0 Å². The van der Waals surface area contributed by atoms with Crippen LogP contribution in [0.1, 0.15) is 18.4 Å². The fraction of sp³-hybridized carbons (Fsp3) is 0.429. The second kappa shape index (κ2) is 7.76. The molecule has 114 valence electrons. The summed E-state index contributed by atoms with van der Waals surface area (Å²) in [6.07, 6.45) is 0.565. The number of aliphatic carboxylic acids is 1. The largest absolute Gasteiger partial charge is 0.481 e. The lowest BCUT2D eigenvalue weighted by molar-refractivity contribution is -0.137. The van der Waals surface area contributed by atoms with Crippen LogP contribution in [0.5, 0.6) is 0 Å². The summed E-state index contributed by atoms with van der Waals surface area (Å²) in [5.41, 5.74) is 0.416. The van der Waals surface area contributed by atoms with Crippen LogP contribution in [-0.2, 0) is 14.6 Å². The topological polar surface area (TPSA) is 98.5 Å². The molecule has 0 heterocycles. The molecule has 21 heavy (non-hydrogen) atoms. The molecule has 1 N–H and O–H groups in total. The van der Waals surface area contributed by atoms with Gasteiger partial charge in [0.15, 0.2) is 9.84 Å². The van der Waals surface area contributed by atoms with E-state index >= 15 is 0 Å². The molecule has 0 unspecified atom stereocenters. The lowest BCUT2D eigenvalue weighted by atomic mass is 10.2. The Morgan fingerprint density at radius 3 is 2.43 bits per heavy atom. The van der Waals surface area contributed by atoms with Gasteiger partial charge >= 0.3 is 5.97 Å². The Morgan fingerprint density at radius 2 is 1.90 bits per heavy atom. The van der Waals surface area contributed by atoms with Crippen LogP contribution in [0.3, 0.4) is 0 Å². The first-order valence-electron chi connectivity index (χ1n) is 6.48. The third kappa shape index (κ3) is 5.94. The van der Waals surface area contributed by atoms with Crippen molar-refractivity contribution in [1.29, 1.82) is 5.26 Å². The van der Waals surface area contributed by atoms with E-state index in [0.717, 1.165) is 0 Å². The van der Waals surface area contributed by atoms with Gasteiger partial charge in [0, 0.05) is 13.0 Å². The van der Waals surface area contributed by atoms with E-state index < -0.39 is 15.8 Å². The van der Waals surface area contributed by atoms with E-state index in [0.29, 0.717) is 25.1 Å². The Hall–Kier alpha value is -1.91. The first-order valence-corrected chi connectivity index (χ1v) is 8.13. The van der Waals surface area contributed by atoms with Crippen LogP contribution in [-0.4, -0.2) is 50.3 Å². The zero-order chi connectivity index (χ0) is 15.9. The Morgan fingerprint density at radius 1 is 1.29 bits per heavy atom. The molecule has 7 heteroatoms. The monoisotopic (exact) mass is 310 g/mol. The highest BCUT2D eigenvalue weighted by Crippen LogP contribution is 2.12. The number of benzene rings is 1. The first-order chi connectivity index (χ1) is 9.85. The number of carboxylic acids is 1. The number of nitrogens with zero attached hydrogens (tertiary/aromatic N) is 2. The standard InChI is InChI=1S/C14H18N2O4S/c1-16(8-2-3-14(17)18)9-10-21(19,20)13-6-4-12(11-15)5-7-13/h4-7H,2-3,8-10H2,1H3,(H,17,18). The minimum absolute atomic E-state index is 0.0392. The molecule has 1 aromatic carbocycles. The van der Waals surface area contributed by atoms with Crippen molar-refractivity contribution in [1.82, 2.24) is 4.90 Å². The minimum Gasteiger partial charge on any atom is -0.481 e. The lowest BCUT2D eigenvalue weighted by Crippen LogP contribution is -2.27. The smallest absolute Gasteiger partial charge is 0.303 e. The summed E-state index contributed by atoms with van der Waals surface area (Å²) >= 11 is 0. The van der Waals surface area contributed by atoms with E-state index in [1.165, 1.54) is 24.3 Å². The van der Waals surface area contributed by atoms with Crippen LogP contribution in [0.2, 0.25) is 0 Å². The summed E-state index contributed by atoms with van der Waals surface area (Å²) in [5, 5.41) is 17.2. The number of rotatable bonds is 8. The number of nitriles is 1. The summed E-state index contributed by atoms with van der Waals surface area (Å²) in [6.45, 7) is 0.872. The Kier molecular flexibility index (Phi) is 6.34. The quantitative estimate of drug-likeness (QED) is 0.773. The number of carbonyl (C=O) groups is 1. The summed E-state index contributed by atoms with van der Waals surface area (Å²) in [5.74, 6) is -0.892. The summed E-state index contributed by atoms with van der Waals surface area (Å²) in [4.78, 5) is 12.4. The number of sulfone groups is 1. The molecular weight excluding hydrogens is 292 g/mol. The average Bonchev–Trinajstić information content (AvgIpc) is 2.45. The molecular formula is C14H18N2O4S. The summed E-state index contributed by atoms with van der Waals surface area (Å²) in [6, 6.07) is 7.75. The maximum absolute atomic E-state index is 12.1. The van der Waals surface area contributed by atoms with Crippen molar-refractivity contribution in [2.45, 2.75) is 17.7 Å². The highest BCUT2D eigenvalue weighted by atomic mass is 32.2. The summed E-state index contributed by atoms with van der Waals surface area (Å²) in [7, 11) is -1.63. The van der Waals surface area contributed by atoms with Crippen molar-refractivity contribution in [2.75, 3.05) is 25.9 Å². The van der Waals surface area contributed by atoms with Crippen LogP contribution in [0.25, 0.3) is 0 Å². The predicted octanol–water partition coefficient (Wildman–Crippen LogP) is 1.13. The molecule has 0 radical (unpaired) electrons. The maximum Gasteiger partial charge on any atom is 0.303 e. The molecule has 0 aliphatic carbocycles. The minimum atomic E-state index is -3.39. The van der Waals surface area contributed by atoms with Crippen molar-refractivity contribution in [2.24, 2.45) is 0 Å². The van der Waals surface area contributed by atoms with Gasteiger partial charge in [-0.3, -0.25) is 4.79 Å². The number of carboxylic acid groups (broad SMARTS) is 1. The molecule has 0 fully saturated rings. The highest BCUT2D eigenvalue weighted by molar-refractivity contribution is 7.91. The second-order valence-corrected chi connectivity index (χ2v) is 6.86. The molecule has 0 atom stereocenters. The van der Waals surface area contributed by atoms with Gasteiger partial charge in [0.05, 0.1) is 22.3 Å². The molecule has 0 saturated carbocycles. The fourth-order valence-corrected chi connectivity index (χ4v) is 3.08. The molecule has 0 bridgehead atoms. The van der Waals surface area contributed by atoms with Crippen molar-refractivity contribution >= 4 is 15.8 Å². The SMILES string of the molecule is CN(CCCC(=O)O)CCS(=O)(=O)c1ccc(C#N)cc1. The van der Waals surface area contributed by atoms with Crippen LogP contribution >= 0.6 is 0 Å². The molecule has 0 amide bonds. The van der Waals surface area contributed by atoms with Crippen molar-refractivity contribution in [3.8, 4) is 6.07 Å². The lowest BCUT2D eigenvalue weighted by Gasteiger charge is -2.15. The van der Waals surface area contributed by atoms with E-state index in [9.17, 15) is 13.2 Å². The normalized spacial score (nSPS) is 11.3. The molecule has 0 aromatic heterocycles. The van der Waals surface area contributed by atoms with Crippen molar-refractivity contribution < 1.29 is 18.3 Å². The highest BCUT2D eigenvalue weighted by Gasteiger charge is 2.15. The van der Waals surface area contributed by atoms with E-state index in [1.807, 2.05) is 6.07 Å². The second-order valence-electron chi connectivity index (χ2n) is 4.76. The Labute approximate surface area is 124 Å². The zero-order valence-electron chi connectivity index (χ0n) is 11.8. The van der Waals surface area contributed by atoms with Crippen LogP contribution < -0.4 is 0 Å². The van der Waals surface area contributed by atoms with Gasteiger partial charge in [0.25, 0.3) is 0 Å². The third-order valence-electron chi connectivity index (χ3n) is 3.01. The molecule has 0 spiro atoms. The average molecular weight is 310 g/mol. The van der Waals surface area contributed by atoms with Gasteiger partial charge in [-0.2, -0.15) is 5.26 Å². The fourth-order valence-electron chi connectivity index (χ4n) is 1.74. The molecule has 1 rings (SSSR count). The van der Waals surface area contributed by atoms with Gasteiger partial charge in [-0.15, -0.1) is 0 Å². The molecule has 0 saturated heterocycles. The van der Waals surface area contributed by atoms with Crippen molar-refractivity contribution in [3.63, 3.8) is 0 Å².